The first-order chi connectivity index (χ1) is 6.25. The molecule has 5 nitrogen and oxygen atoms in total. The van der Waals surface area contributed by atoms with Crippen molar-refractivity contribution >= 4 is 11.9 Å². The Morgan fingerprint density at radius 3 is 2.29 bits per heavy atom. The largest absolute Gasteiger partial charge is 0.476 e. The molecule has 0 radical (unpaired) electrons. The minimum absolute atomic E-state index is 0.0394. The van der Waals surface area contributed by atoms with Gasteiger partial charge in [-0.1, -0.05) is 20.8 Å². The van der Waals surface area contributed by atoms with Crippen molar-refractivity contribution in [2.24, 2.45) is 7.05 Å². The molecular formula is C9H15N3O2. The van der Waals surface area contributed by atoms with E-state index < -0.39 is 5.97 Å². The van der Waals surface area contributed by atoms with Crippen molar-refractivity contribution in [1.29, 1.82) is 0 Å². The van der Waals surface area contributed by atoms with Crippen molar-refractivity contribution < 1.29 is 9.90 Å². The summed E-state index contributed by atoms with van der Waals surface area (Å²) >= 11 is 0. The number of nitrogens with two attached hydrogens (primary N) is 1. The highest BCUT2D eigenvalue weighted by Crippen LogP contribution is 2.26. The molecule has 14 heavy (non-hydrogen) atoms. The van der Waals surface area contributed by atoms with Crippen LogP contribution < -0.4 is 5.73 Å². The number of hydrogen-bond donors (Lipinski definition) is 2. The van der Waals surface area contributed by atoms with E-state index in [0.29, 0.717) is 5.69 Å². The molecule has 0 saturated carbocycles. The van der Waals surface area contributed by atoms with Gasteiger partial charge < -0.3 is 15.4 Å². The number of aromatic nitrogens is 2. The van der Waals surface area contributed by atoms with Crippen LogP contribution in [0.15, 0.2) is 0 Å². The first-order valence-corrected chi connectivity index (χ1v) is 4.31. The zero-order chi connectivity index (χ0) is 11.1. The summed E-state index contributed by atoms with van der Waals surface area (Å²) in [4.78, 5) is 14.7. The van der Waals surface area contributed by atoms with Gasteiger partial charge in [-0.25, -0.2) is 9.78 Å². The topological polar surface area (TPSA) is 81.1 Å². The van der Waals surface area contributed by atoms with Gasteiger partial charge in [0.2, 0.25) is 5.95 Å². The number of hydrogen-bond acceptors (Lipinski definition) is 3. The normalized spacial score (nSPS) is 11.7. The quantitative estimate of drug-likeness (QED) is 0.703. The number of imidazole rings is 1. The molecule has 0 unspecified atom stereocenters. The fourth-order valence-corrected chi connectivity index (χ4v) is 1.52. The van der Waals surface area contributed by atoms with Crippen LogP contribution in [0.25, 0.3) is 0 Å². The van der Waals surface area contributed by atoms with E-state index in [0.717, 1.165) is 0 Å². The lowest BCUT2D eigenvalue weighted by molar-refractivity contribution is 0.0688. The molecule has 1 heterocycles. The first-order valence-electron chi connectivity index (χ1n) is 4.31. The number of anilines is 1. The van der Waals surface area contributed by atoms with Crippen molar-refractivity contribution in [1.82, 2.24) is 9.55 Å². The van der Waals surface area contributed by atoms with Gasteiger partial charge in [-0.2, -0.15) is 0 Å². The molecular weight excluding hydrogens is 182 g/mol. The molecule has 0 aliphatic heterocycles. The highest BCUT2D eigenvalue weighted by Gasteiger charge is 2.28. The van der Waals surface area contributed by atoms with Gasteiger partial charge in [0, 0.05) is 12.5 Å². The van der Waals surface area contributed by atoms with E-state index in [9.17, 15) is 4.79 Å². The molecule has 0 aliphatic rings. The third-order valence-electron chi connectivity index (χ3n) is 2.04. The summed E-state index contributed by atoms with van der Waals surface area (Å²) in [5.74, 6) is -0.811. The van der Waals surface area contributed by atoms with Crippen LogP contribution >= 0.6 is 0 Å². The highest BCUT2D eigenvalue weighted by atomic mass is 16.4. The van der Waals surface area contributed by atoms with Crippen molar-refractivity contribution in [3.63, 3.8) is 0 Å². The Morgan fingerprint density at radius 2 is 2.00 bits per heavy atom. The average Bonchev–Trinajstić information content (AvgIpc) is 2.27. The number of rotatable bonds is 1. The summed E-state index contributed by atoms with van der Waals surface area (Å²) in [7, 11) is 1.72. The van der Waals surface area contributed by atoms with E-state index in [-0.39, 0.29) is 17.1 Å². The van der Waals surface area contributed by atoms with Crippen LogP contribution in [0.5, 0.6) is 0 Å². The van der Waals surface area contributed by atoms with E-state index in [4.69, 9.17) is 10.8 Å². The molecule has 0 atom stereocenters. The molecule has 0 fully saturated rings. The Hall–Kier alpha value is -1.52. The number of carboxylic acid groups (broad SMARTS) is 1. The molecule has 0 saturated heterocycles. The number of nitrogen functional groups attached to an aromatic ring is 1. The van der Waals surface area contributed by atoms with Crippen LogP contribution in [0.1, 0.15) is 37.0 Å². The minimum atomic E-state index is -1.04. The van der Waals surface area contributed by atoms with Gasteiger partial charge >= 0.3 is 5.97 Å². The summed E-state index contributed by atoms with van der Waals surface area (Å²) in [6.45, 7) is 5.78. The lowest BCUT2D eigenvalue weighted by Gasteiger charge is -2.20. The summed E-state index contributed by atoms with van der Waals surface area (Å²) in [5, 5.41) is 8.94. The van der Waals surface area contributed by atoms with Gasteiger partial charge in [0.25, 0.3) is 0 Å². The molecule has 0 amide bonds. The molecule has 1 rings (SSSR count). The maximum absolute atomic E-state index is 10.9. The van der Waals surface area contributed by atoms with Crippen molar-refractivity contribution in [2.75, 3.05) is 5.73 Å². The SMILES string of the molecule is Cn1c(N)nc(C(=O)O)c1C(C)(C)C. The van der Waals surface area contributed by atoms with Crippen LogP contribution in [0.2, 0.25) is 0 Å². The maximum Gasteiger partial charge on any atom is 0.356 e. The third-order valence-corrected chi connectivity index (χ3v) is 2.04. The number of nitrogens with zero attached hydrogens (tertiary/aromatic N) is 2. The molecule has 3 N–H and O–H groups in total. The van der Waals surface area contributed by atoms with Gasteiger partial charge in [0.05, 0.1) is 5.69 Å². The monoisotopic (exact) mass is 197 g/mol. The molecule has 78 valence electrons. The van der Waals surface area contributed by atoms with Gasteiger partial charge in [0.1, 0.15) is 0 Å². The standard InChI is InChI=1S/C9H15N3O2/c1-9(2,3)6-5(7(13)14)11-8(10)12(6)4/h1-4H3,(H2,10,11)(H,13,14). The van der Waals surface area contributed by atoms with E-state index >= 15 is 0 Å². The van der Waals surface area contributed by atoms with E-state index in [1.807, 2.05) is 20.8 Å². The van der Waals surface area contributed by atoms with Gasteiger partial charge in [-0.15, -0.1) is 0 Å². The van der Waals surface area contributed by atoms with Crippen LogP contribution in [0.4, 0.5) is 5.95 Å². The second-order valence-corrected chi connectivity index (χ2v) is 4.28. The average molecular weight is 197 g/mol. The predicted molar refractivity (Wildman–Crippen MR) is 53.3 cm³/mol. The lowest BCUT2D eigenvalue weighted by Crippen LogP contribution is -2.20. The van der Waals surface area contributed by atoms with Crippen LogP contribution in [0, 0.1) is 0 Å². The maximum atomic E-state index is 10.9. The Bertz CT molecular complexity index is 374. The van der Waals surface area contributed by atoms with Crippen LogP contribution in [-0.4, -0.2) is 20.6 Å². The van der Waals surface area contributed by atoms with Crippen molar-refractivity contribution in [3.05, 3.63) is 11.4 Å². The van der Waals surface area contributed by atoms with Gasteiger partial charge in [-0.3, -0.25) is 0 Å². The van der Waals surface area contributed by atoms with E-state index in [1.54, 1.807) is 11.6 Å². The molecule has 0 spiro atoms. The molecule has 0 bridgehead atoms. The zero-order valence-electron chi connectivity index (χ0n) is 8.83. The van der Waals surface area contributed by atoms with Crippen LogP contribution in [-0.2, 0) is 12.5 Å². The Balaban J connectivity index is 3.46. The predicted octanol–water partition coefficient (Wildman–Crippen LogP) is 0.998. The first kappa shape index (κ1) is 10.6. The molecule has 0 aromatic carbocycles. The summed E-state index contributed by atoms with van der Waals surface area (Å²) in [5.41, 5.74) is 5.96. The van der Waals surface area contributed by atoms with Crippen LogP contribution in [0.3, 0.4) is 0 Å². The molecule has 0 aliphatic carbocycles. The van der Waals surface area contributed by atoms with E-state index in [1.165, 1.54) is 0 Å². The highest BCUT2D eigenvalue weighted by molar-refractivity contribution is 5.87. The fourth-order valence-electron chi connectivity index (χ4n) is 1.52. The summed E-state index contributed by atoms with van der Waals surface area (Å²) in [6.07, 6.45) is 0. The number of carbonyl (C=O) groups is 1. The van der Waals surface area contributed by atoms with Crippen molar-refractivity contribution in [3.8, 4) is 0 Å². The molecule has 1 aromatic rings. The third kappa shape index (κ3) is 1.57. The second-order valence-electron chi connectivity index (χ2n) is 4.28. The summed E-state index contributed by atoms with van der Waals surface area (Å²) in [6, 6.07) is 0. The fraction of sp³-hybridized carbons (Fsp3) is 0.556. The Morgan fingerprint density at radius 1 is 1.50 bits per heavy atom. The van der Waals surface area contributed by atoms with Crippen molar-refractivity contribution in [2.45, 2.75) is 26.2 Å². The Labute approximate surface area is 82.6 Å². The van der Waals surface area contributed by atoms with Gasteiger partial charge in [0.15, 0.2) is 5.69 Å². The summed E-state index contributed by atoms with van der Waals surface area (Å²) < 4.78 is 1.61. The number of carboxylic acids is 1. The number of aromatic carboxylic acids is 1. The lowest BCUT2D eigenvalue weighted by atomic mass is 9.90. The van der Waals surface area contributed by atoms with Gasteiger partial charge in [-0.05, 0) is 0 Å². The smallest absolute Gasteiger partial charge is 0.356 e. The molecule has 1 aromatic heterocycles. The van der Waals surface area contributed by atoms with E-state index in [2.05, 4.69) is 4.98 Å². The Kier molecular flexibility index (Phi) is 2.27. The minimum Gasteiger partial charge on any atom is -0.476 e. The second kappa shape index (κ2) is 3.01. The zero-order valence-corrected chi connectivity index (χ0v) is 8.83. The molecule has 5 heteroatoms.